The van der Waals surface area contributed by atoms with Gasteiger partial charge >= 0.3 is 0 Å². The first-order valence-corrected chi connectivity index (χ1v) is 5.18. The van der Waals surface area contributed by atoms with Crippen LogP contribution in [0.1, 0.15) is 17.3 Å². The number of benzene rings is 1. The second-order valence-corrected chi connectivity index (χ2v) is 3.81. The molecule has 0 saturated carbocycles. The lowest BCUT2D eigenvalue weighted by Gasteiger charge is -2.12. The molecule has 1 atom stereocenters. The Labute approximate surface area is 97.9 Å². The maximum absolute atomic E-state index is 13.0. The maximum atomic E-state index is 13.0. The fourth-order valence-corrected chi connectivity index (χ4v) is 1.72. The Hall–Kier alpha value is -1.45. The number of hydrogen-bond donors (Lipinski definition) is 1. The summed E-state index contributed by atoms with van der Waals surface area (Å²) in [7, 11) is 0. The van der Waals surface area contributed by atoms with E-state index in [0.717, 1.165) is 0 Å². The van der Waals surface area contributed by atoms with Crippen molar-refractivity contribution in [3.63, 3.8) is 0 Å². The molecule has 0 amide bonds. The van der Waals surface area contributed by atoms with Crippen LogP contribution in [-0.4, -0.2) is 4.98 Å². The fourth-order valence-electron chi connectivity index (χ4n) is 1.48. The largest absolute Gasteiger partial charge is 0.319 e. The van der Waals surface area contributed by atoms with Gasteiger partial charge in [0.25, 0.3) is 0 Å². The fraction of sp³-hybridized carbons (Fsp3) is 0.0833. The standard InChI is InChI=1S/C12H10ClFN2/c13-10-5-2-6-16-12(10)11(15)8-3-1-4-9(14)7-8/h1-7,11H,15H2. The molecule has 0 aliphatic rings. The van der Waals surface area contributed by atoms with E-state index in [4.69, 9.17) is 17.3 Å². The Morgan fingerprint density at radius 2 is 2.06 bits per heavy atom. The van der Waals surface area contributed by atoms with Crippen molar-refractivity contribution in [3.8, 4) is 0 Å². The maximum Gasteiger partial charge on any atom is 0.123 e. The van der Waals surface area contributed by atoms with Gasteiger partial charge in [-0.1, -0.05) is 23.7 Å². The van der Waals surface area contributed by atoms with E-state index in [0.29, 0.717) is 16.3 Å². The van der Waals surface area contributed by atoms with Crippen LogP contribution in [0.3, 0.4) is 0 Å². The van der Waals surface area contributed by atoms with Gasteiger partial charge in [-0.3, -0.25) is 4.98 Å². The monoisotopic (exact) mass is 236 g/mol. The first-order valence-electron chi connectivity index (χ1n) is 4.80. The molecule has 0 saturated heterocycles. The highest BCUT2D eigenvalue weighted by atomic mass is 35.5. The van der Waals surface area contributed by atoms with Crippen LogP contribution in [0.15, 0.2) is 42.6 Å². The Bertz CT molecular complexity index is 502. The number of aromatic nitrogens is 1. The van der Waals surface area contributed by atoms with Crippen molar-refractivity contribution in [1.29, 1.82) is 0 Å². The number of rotatable bonds is 2. The summed E-state index contributed by atoms with van der Waals surface area (Å²) >= 11 is 5.97. The van der Waals surface area contributed by atoms with Crippen LogP contribution in [0.25, 0.3) is 0 Å². The molecule has 82 valence electrons. The molecule has 0 spiro atoms. The average molecular weight is 237 g/mol. The van der Waals surface area contributed by atoms with Crippen LogP contribution < -0.4 is 5.73 Å². The zero-order valence-corrected chi connectivity index (χ0v) is 9.16. The van der Waals surface area contributed by atoms with Crippen LogP contribution >= 0.6 is 11.6 Å². The lowest BCUT2D eigenvalue weighted by Crippen LogP contribution is -2.14. The normalized spacial score (nSPS) is 12.4. The summed E-state index contributed by atoms with van der Waals surface area (Å²) in [5, 5.41) is 0.485. The van der Waals surface area contributed by atoms with Crippen molar-refractivity contribution in [2.75, 3.05) is 0 Å². The smallest absolute Gasteiger partial charge is 0.123 e. The van der Waals surface area contributed by atoms with Gasteiger partial charge in [0.15, 0.2) is 0 Å². The molecule has 0 aliphatic heterocycles. The quantitative estimate of drug-likeness (QED) is 0.871. The van der Waals surface area contributed by atoms with E-state index in [1.54, 1.807) is 30.5 Å². The molecular weight excluding hydrogens is 227 g/mol. The second kappa shape index (κ2) is 4.60. The topological polar surface area (TPSA) is 38.9 Å². The first-order chi connectivity index (χ1) is 7.68. The molecule has 1 heterocycles. The van der Waals surface area contributed by atoms with Gasteiger partial charge in [-0.25, -0.2) is 4.39 Å². The molecule has 0 fully saturated rings. The summed E-state index contributed by atoms with van der Waals surface area (Å²) < 4.78 is 13.0. The van der Waals surface area contributed by atoms with Gasteiger partial charge in [0.05, 0.1) is 16.8 Å². The Morgan fingerprint density at radius 1 is 1.25 bits per heavy atom. The third kappa shape index (κ3) is 2.21. The molecule has 16 heavy (non-hydrogen) atoms. The zero-order valence-electron chi connectivity index (χ0n) is 8.40. The van der Waals surface area contributed by atoms with Crippen molar-refractivity contribution in [3.05, 3.63) is 64.7 Å². The summed E-state index contributed by atoms with van der Waals surface area (Å²) in [6.07, 6.45) is 1.61. The molecule has 0 bridgehead atoms. The highest BCUT2D eigenvalue weighted by Crippen LogP contribution is 2.24. The van der Waals surface area contributed by atoms with Crippen LogP contribution in [-0.2, 0) is 0 Å². The molecule has 2 nitrogen and oxygen atoms in total. The van der Waals surface area contributed by atoms with Crippen molar-refractivity contribution >= 4 is 11.6 Å². The summed E-state index contributed by atoms with van der Waals surface area (Å²) in [4.78, 5) is 4.10. The van der Waals surface area contributed by atoms with Crippen molar-refractivity contribution < 1.29 is 4.39 Å². The summed E-state index contributed by atoms with van der Waals surface area (Å²) in [6, 6.07) is 9.04. The third-order valence-electron chi connectivity index (χ3n) is 2.29. The number of nitrogens with zero attached hydrogens (tertiary/aromatic N) is 1. The first kappa shape index (κ1) is 11.0. The van der Waals surface area contributed by atoms with Gasteiger partial charge in [-0.05, 0) is 29.8 Å². The van der Waals surface area contributed by atoms with Gasteiger partial charge in [0.1, 0.15) is 5.82 Å². The number of halogens is 2. The molecule has 0 radical (unpaired) electrons. The van der Waals surface area contributed by atoms with Crippen LogP contribution in [0.4, 0.5) is 4.39 Å². The van der Waals surface area contributed by atoms with Crippen LogP contribution in [0.5, 0.6) is 0 Å². The minimum absolute atomic E-state index is 0.319. The molecular formula is C12H10ClFN2. The lowest BCUT2D eigenvalue weighted by atomic mass is 10.0. The predicted molar refractivity (Wildman–Crippen MR) is 61.7 cm³/mol. The van der Waals surface area contributed by atoms with Crippen molar-refractivity contribution in [2.45, 2.75) is 6.04 Å². The summed E-state index contributed by atoms with van der Waals surface area (Å²) in [6.45, 7) is 0. The van der Waals surface area contributed by atoms with Crippen molar-refractivity contribution in [1.82, 2.24) is 4.98 Å². The highest BCUT2D eigenvalue weighted by molar-refractivity contribution is 6.31. The van der Waals surface area contributed by atoms with Gasteiger partial charge < -0.3 is 5.73 Å². The SMILES string of the molecule is NC(c1cccc(F)c1)c1ncccc1Cl. The van der Waals surface area contributed by atoms with E-state index in [2.05, 4.69) is 4.98 Å². The summed E-state index contributed by atoms with van der Waals surface area (Å²) in [5.74, 6) is -0.319. The number of pyridine rings is 1. The van der Waals surface area contributed by atoms with E-state index in [1.807, 2.05) is 0 Å². The Balaban J connectivity index is 2.39. The Morgan fingerprint density at radius 3 is 2.75 bits per heavy atom. The molecule has 0 aliphatic carbocycles. The van der Waals surface area contributed by atoms with E-state index in [9.17, 15) is 4.39 Å². The van der Waals surface area contributed by atoms with E-state index < -0.39 is 6.04 Å². The average Bonchev–Trinajstić information content (AvgIpc) is 2.29. The van der Waals surface area contributed by atoms with Gasteiger partial charge in [-0.2, -0.15) is 0 Å². The van der Waals surface area contributed by atoms with E-state index in [-0.39, 0.29) is 5.82 Å². The van der Waals surface area contributed by atoms with Gasteiger partial charge in [0.2, 0.25) is 0 Å². The molecule has 1 aromatic carbocycles. The number of nitrogens with two attached hydrogens (primary N) is 1. The van der Waals surface area contributed by atoms with Crippen LogP contribution in [0.2, 0.25) is 5.02 Å². The zero-order chi connectivity index (χ0) is 11.5. The van der Waals surface area contributed by atoms with E-state index in [1.165, 1.54) is 12.1 Å². The summed E-state index contributed by atoms with van der Waals surface area (Å²) in [5.41, 5.74) is 7.18. The predicted octanol–water partition coefficient (Wildman–Crippen LogP) is 2.92. The molecule has 1 aromatic heterocycles. The number of hydrogen-bond acceptors (Lipinski definition) is 2. The minimum Gasteiger partial charge on any atom is -0.319 e. The van der Waals surface area contributed by atoms with Crippen molar-refractivity contribution in [2.24, 2.45) is 5.73 Å². The molecule has 2 N–H and O–H groups in total. The molecule has 2 rings (SSSR count). The van der Waals surface area contributed by atoms with Gasteiger partial charge in [0, 0.05) is 6.20 Å². The molecule has 4 heteroatoms. The van der Waals surface area contributed by atoms with Gasteiger partial charge in [-0.15, -0.1) is 0 Å². The molecule has 2 aromatic rings. The third-order valence-corrected chi connectivity index (χ3v) is 2.61. The van der Waals surface area contributed by atoms with Crippen LogP contribution in [0, 0.1) is 5.82 Å². The minimum atomic E-state index is -0.510. The Kier molecular flexibility index (Phi) is 3.17. The lowest BCUT2D eigenvalue weighted by molar-refractivity contribution is 0.623. The van der Waals surface area contributed by atoms with E-state index >= 15 is 0 Å². The molecule has 1 unspecified atom stereocenters. The second-order valence-electron chi connectivity index (χ2n) is 3.40. The highest BCUT2D eigenvalue weighted by Gasteiger charge is 2.13.